The highest BCUT2D eigenvalue weighted by Crippen LogP contribution is 2.23. The lowest BCUT2D eigenvalue weighted by Gasteiger charge is -2.39. The Morgan fingerprint density at radius 2 is 2.41 bits per heavy atom. The molecule has 0 aliphatic carbocycles. The molecule has 0 bridgehead atoms. The lowest BCUT2D eigenvalue weighted by molar-refractivity contribution is -0.116. The van der Waals surface area contributed by atoms with Gasteiger partial charge in [-0.1, -0.05) is 0 Å². The number of aromatic nitrogens is 2. The molecule has 0 spiro atoms. The van der Waals surface area contributed by atoms with Crippen LogP contribution in [0.3, 0.4) is 0 Å². The summed E-state index contributed by atoms with van der Waals surface area (Å²) >= 11 is 1.38. The fourth-order valence-corrected chi connectivity index (χ4v) is 3.22. The second-order valence-electron chi connectivity index (χ2n) is 5.48. The first-order chi connectivity index (χ1) is 10.7. The van der Waals surface area contributed by atoms with E-state index in [1.165, 1.54) is 16.9 Å². The minimum Gasteiger partial charge on any atom is -0.317 e. The molecule has 1 fully saturated rings. The zero-order chi connectivity index (χ0) is 15.5. The first-order valence-electron chi connectivity index (χ1n) is 7.16. The second kappa shape index (κ2) is 6.30. The van der Waals surface area contributed by atoms with E-state index in [0.717, 1.165) is 19.6 Å². The maximum absolute atomic E-state index is 11.9. The summed E-state index contributed by atoms with van der Waals surface area (Å²) in [6.45, 7) is 4.62. The Morgan fingerprint density at radius 3 is 3.09 bits per heavy atom. The van der Waals surface area contributed by atoms with Crippen molar-refractivity contribution in [3.63, 3.8) is 0 Å². The van der Waals surface area contributed by atoms with E-state index in [1.807, 2.05) is 17.8 Å². The van der Waals surface area contributed by atoms with Crippen LogP contribution in [-0.2, 0) is 4.79 Å². The van der Waals surface area contributed by atoms with Gasteiger partial charge < -0.3 is 5.32 Å². The van der Waals surface area contributed by atoms with E-state index in [4.69, 9.17) is 5.26 Å². The van der Waals surface area contributed by atoms with Gasteiger partial charge in [0.15, 0.2) is 0 Å². The summed E-state index contributed by atoms with van der Waals surface area (Å²) in [5, 5.41) is 18.5. The minimum atomic E-state index is -0.0441. The molecule has 1 saturated heterocycles. The molecular weight excluding hydrogens is 298 g/mol. The molecular formula is C15H17N5OS. The van der Waals surface area contributed by atoms with Crippen molar-refractivity contribution in [1.82, 2.24) is 14.7 Å². The van der Waals surface area contributed by atoms with Crippen LogP contribution >= 0.6 is 11.3 Å². The molecule has 1 aliphatic heterocycles. The second-order valence-corrected chi connectivity index (χ2v) is 6.40. The third-order valence-electron chi connectivity index (χ3n) is 3.74. The van der Waals surface area contributed by atoms with Crippen molar-refractivity contribution >= 4 is 22.2 Å². The van der Waals surface area contributed by atoms with E-state index in [0.29, 0.717) is 23.0 Å². The third-order valence-corrected chi connectivity index (χ3v) is 4.57. The Bertz CT molecular complexity index is 708. The molecule has 1 aliphatic rings. The number of anilines is 1. The quantitative estimate of drug-likeness (QED) is 0.916. The maximum Gasteiger partial charge on any atom is 0.226 e. The van der Waals surface area contributed by atoms with Gasteiger partial charge in [0.1, 0.15) is 11.1 Å². The molecule has 0 radical (unpaired) electrons. The van der Waals surface area contributed by atoms with Crippen molar-refractivity contribution in [2.75, 3.05) is 25.0 Å². The minimum absolute atomic E-state index is 0.0441. The number of hydrogen-bond acceptors (Lipinski definition) is 5. The van der Waals surface area contributed by atoms with Crippen LogP contribution in [0.5, 0.6) is 0 Å². The largest absolute Gasteiger partial charge is 0.317 e. The maximum atomic E-state index is 11.9. The third kappa shape index (κ3) is 3.18. The smallest absolute Gasteiger partial charge is 0.226 e. The van der Waals surface area contributed by atoms with E-state index >= 15 is 0 Å². The van der Waals surface area contributed by atoms with Crippen LogP contribution in [0.25, 0.3) is 0 Å². The SMILES string of the molecule is Cc1cnn(C2CN(CCC(=O)Nc3sccc3C#N)C2)c1. The van der Waals surface area contributed by atoms with Crippen LogP contribution in [0.15, 0.2) is 23.8 Å². The number of amides is 1. The van der Waals surface area contributed by atoms with Crippen molar-refractivity contribution in [1.29, 1.82) is 5.26 Å². The molecule has 3 rings (SSSR count). The highest BCUT2D eigenvalue weighted by molar-refractivity contribution is 7.14. The van der Waals surface area contributed by atoms with Gasteiger partial charge in [-0.3, -0.25) is 14.4 Å². The molecule has 22 heavy (non-hydrogen) atoms. The predicted octanol–water partition coefficient (Wildman–Crippen LogP) is 2.01. The van der Waals surface area contributed by atoms with Gasteiger partial charge in [-0.05, 0) is 23.9 Å². The average molecular weight is 315 g/mol. The molecule has 0 saturated carbocycles. The van der Waals surface area contributed by atoms with Crippen molar-refractivity contribution in [3.8, 4) is 6.07 Å². The summed E-state index contributed by atoms with van der Waals surface area (Å²) in [4.78, 5) is 14.2. The summed E-state index contributed by atoms with van der Waals surface area (Å²) in [6, 6.07) is 4.20. The number of nitriles is 1. The number of thiophene rings is 1. The first-order valence-corrected chi connectivity index (χ1v) is 8.04. The van der Waals surface area contributed by atoms with Gasteiger partial charge in [0.25, 0.3) is 0 Å². The van der Waals surface area contributed by atoms with Crippen LogP contribution < -0.4 is 5.32 Å². The van der Waals surface area contributed by atoms with Gasteiger partial charge in [0.05, 0.1) is 17.8 Å². The van der Waals surface area contributed by atoms with E-state index < -0.39 is 0 Å². The lowest BCUT2D eigenvalue weighted by Crippen LogP contribution is -2.48. The highest BCUT2D eigenvalue weighted by Gasteiger charge is 2.28. The summed E-state index contributed by atoms with van der Waals surface area (Å²) in [5.41, 5.74) is 1.69. The molecule has 3 heterocycles. The number of carbonyl (C=O) groups excluding carboxylic acids is 1. The lowest BCUT2D eigenvalue weighted by atomic mass is 10.1. The monoisotopic (exact) mass is 315 g/mol. The fraction of sp³-hybridized carbons (Fsp3) is 0.400. The molecule has 114 valence electrons. The Balaban J connectivity index is 1.41. The molecule has 0 aromatic carbocycles. The summed E-state index contributed by atoms with van der Waals surface area (Å²) in [7, 11) is 0. The van der Waals surface area contributed by atoms with Crippen molar-refractivity contribution in [2.45, 2.75) is 19.4 Å². The normalized spacial score (nSPS) is 15.3. The Morgan fingerprint density at radius 1 is 1.59 bits per heavy atom. The molecule has 7 heteroatoms. The van der Waals surface area contributed by atoms with Crippen molar-refractivity contribution in [3.05, 3.63) is 35.0 Å². The van der Waals surface area contributed by atoms with Gasteiger partial charge in [0.2, 0.25) is 5.91 Å². The number of nitrogens with one attached hydrogen (secondary N) is 1. The topological polar surface area (TPSA) is 74.0 Å². The number of aryl methyl sites for hydroxylation is 1. The Kier molecular flexibility index (Phi) is 4.22. The average Bonchev–Trinajstić information content (AvgIpc) is 3.06. The molecule has 0 atom stereocenters. The van der Waals surface area contributed by atoms with E-state index in [9.17, 15) is 4.79 Å². The fourth-order valence-electron chi connectivity index (χ4n) is 2.47. The van der Waals surface area contributed by atoms with Crippen LogP contribution in [-0.4, -0.2) is 40.2 Å². The molecule has 2 aromatic rings. The number of rotatable bonds is 5. The van der Waals surface area contributed by atoms with Gasteiger partial charge >= 0.3 is 0 Å². The summed E-state index contributed by atoms with van der Waals surface area (Å²) in [5.74, 6) is -0.0441. The number of carbonyl (C=O) groups is 1. The Labute approximate surface area is 133 Å². The Hall–Kier alpha value is -2.17. The van der Waals surface area contributed by atoms with E-state index in [1.54, 1.807) is 11.4 Å². The number of likely N-dealkylation sites (tertiary alicyclic amines) is 1. The summed E-state index contributed by atoms with van der Waals surface area (Å²) in [6.07, 6.45) is 4.35. The van der Waals surface area contributed by atoms with Crippen LogP contribution in [0.4, 0.5) is 5.00 Å². The van der Waals surface area contributed by atoms with Crippen LogP contribution in [0.1, 0.15) is 23.6 Å². The van der Waals surface area contributed by atoms with Crippen LogP contribution in [0.2, 0.25) is 0 Å². The van der Waals surface area contributed by atoms with E-state index in [-0.39, 0.29) is 5.91 Å². The van der Waals surface area contributed by atoms with Crippen molar-refractivity contribution < 1.29 is 4.79 Å². The standard InChI is InChI=1S/C15H17N5OS/c1-11-7-17-20(8-11)13-9-19(10-13)4-2-14(21)18-15-12(6-16)3-5-22-15/h3,5,7-8,13H,2,4,9-10H2,1H3,(H,18,21). The van der Waals surface area contributed by atoms with Gasteiger partial charge in [-0.25, -0.2) is 0 Å². The van der Waals surface area contributed by atoms with Gasteiger partial charge in [-0.2, -0.15) is 10.4 Å². The number of hydrogen-bond donors (Lipinski definition) is 1. The molecule has 2 aromatic heterocycles. The first kappa shape index (κ1) is 14.8. The molecule has 0 unspecified atom stereocenters. The molecule has 6 nitrogen and oxygen atoms in total. The predicted molar refractivity (Wildman–Crippen MR) is 84.7 cm³/mol. The van der Waals surface area contributed by atoms with Gasteiger partial charge in [0, 0.05) is 32.3 Å². The summed E-state index contributed by atoms with van der Waals surface area (Å²) < 4.78 is 2.00. The number of nitrogens with zero attached hydrogens (tertiary/aromatic N) is 4. The zero-order valence-electron chi connectivity index (χ0n) is 12.3. The van der Waals surface area contributed by atoms with E-state index in [2.05, 4.69) is 27.6 Å². The zero-order valence-corrected chi connectivity index (χ0v) is 13.1. The molecule has 1 amide bonds. The van der Waals surface area contributed by atoms with Crippen molar-refractivity contribution in [2.24, 2.45) is 0 Å². The molecule has 1 N–H and O–H groups in total. The van der Waals surface area contributed by atoms with Gasteiger partial charge in [-0.15, -0.1) is 11.3 Å². The van der Waals surface area contributed by atoms with Crippen LogP contribution in [0, 0.1) is 18.3 Å². The highest BCUT2D eigenvalue weighted by atomic mass is 32.1.